The maximum absolute atomic E-state index is 11.4. The van der Waals surface area contributed by atoms with Crippen LogP contribution in [0.15, 0.2) is 24.5 Å². The van der Waals surface area contributed by atoms with Crippen LogP contribution >= 0.6 is 0 Å². The zero-order chi connectivity index (χ0) is 16.1. The molecule has 8 nitrogen and oxygen atoms in total. The second-order valence-electron chi connectivity index (χ2n) is 5.19. The first-order chi connectivity index (χ1) is 10.5. The van der Waals surface area contributed by atoms with Crippen molar-refractivity contribution in [2.75, 3.05) is 33.0 Å². The van der Waals surface area contributed by atoms with Gasteiger partial charge in [-0.2, -0.15) is 5.10 Å². The second kappa shape index (κ2) is 6.99. The minimum atomic E-state index is -0.249. The van der Waals surface area contributed by atoms with Gasteiger partial charge in [0.1, 0.15) is 5.82 Å². The largest absolute Gasteiger partial charge is 0.367 e. The van der Waals surface area contributed by atoms with Gasteiger partial charge in [0, 0.05) is 32.4 Å². The first-order valence-electron chi connectivity index (χ1n) is 6.96. The van der Waals surface area contributed by atoms with Crippen LogP contribution in [0.5, 0.6) is 0 Å². The Balaban J connectivity index is 2.02. The third-order valence-electron chi connectivity index (χ3n) is 3.33. The average Bonchev–Trinajstić information content (AvgIpc) is 2.93. The molecule has 2 N–H and O–H groups in total. The molecule has 118 valence electrons. The molecule has 2 aromatic heterocycles. The van der Waals surface area contributed by atoms with Crippen molar-refractivity contribution in [3.63, 3.8) is 0 Å². The quantitative estimate of drug-likeness (QED) is 0.797. The maximum Gasteiger partial charge on any atom is 0.271 e. The van der Waals surface area contributed by atoms with Gasteiger partial charge in [-0.05, 0) is 26.2 Å². The van der Waals surface area contributed by atoms with Crippen LogP contribution < -0.4 is 10.6 Å². The number of likely N-dealkylation sites (N-methyl/N-ethyl adjacent to an activating group) is 1. The van der Waals surface area contributed by atoms with Crippen molar-refractivity contribution in [3.8, 4) is 0 Å². The van der Waals surface area contributed by atoms with E-state index in [2.05, 4.69) is 30.8 Å². The Morgan fingerprint density at radius 1 is 1.36 bits per heavy atom. The predicted octanol–water partition coefficient (Wildman–Crippen LogP) is 0.284. The normalized spacial score (nSPS) is 12.2. The molecular formula is C14H21N7O. The van der Waals surface area contributed by atoms with E-state index in [0.717, 1.165) is 5.56 Å². The number of amides is 1. The highest BCUT2D eigenvalue weighted by Crippen LogP contribution is 2.17. The number of nitrogens with one attached hydrogen (secondary N) is 2. The van der Waals surface area contributed by atoms with Crippen LogP contribution in [0.1, 0.15) is 22.1 Å². The number of nitrogens with zero attached hydrogens (tertiary/aromatic N) is 5. The van der Waals surface area contributed by atoms with Gasteiger partial charge < -0.3 is 15.5 Å². The summed E-state index contributed by atoms with van der Waals surface area (Å²) in [5, 5.41) is 17.9. The SMILES string of the molecule is CNC(=O)c1ccc(NCC(c2cnn(C)c2)N(C)C)nn1. The van der Waals surface area contributed by atoms with Crippen molar-refractivity contribution >= 4 is 11.7 Å². The highest BCUT2D eigenvalue weighted by Gasteiger charge is 2.16. The molecule has 22 heavy (non-hydrogen) atoms. The van der Waals surface area contributed by atoms with Crippen molar-refractivity contribution in [1.29, 1.82) is 0 Å². The standard InChI is InChI=1S/C14H21N7O/c1-15-14(22)11-5-6-13(19-18-11)16-8-12(20(2)3)10-7-17-21(4)9-10/h5-7,9,12H,8H2,1-4H3,(H,15,22)(H,16,19). The Hall–Kier alpha value is -2.48. The highest BCUT2D eigenvalue weighted by molar-refractivity contribution is 5.91. The monoisotopic (exact) mass is 303 g/mol. The Kier molecular flexibility index (Phi) is 5.05. The van der Waals surface area contributed by atoms with Gasteiger partial charge in [0.25, 0.3) is 5.91 Å². The maximum atomic E-state index is 11.4. The summed E-state index contributed by atoms with van der Waals surface area (Å²) in [4.78, 5) is 13.5. The molecule has 0 spiro atoms. The van der Waals surface area contributed by atoms with Gasteiger partial charge in [-0.3, -0.25) is 9.48 Å². The van der Waals surface area contributed by atoms with Crippen molar-refractivity contribution in [2.45, 2.75) is 6.04 Å². The zero-order valence-electron chi connectivity index (χ0n) is 13.2. The average molecular weight is 303 g/mol. The predicted molar refractivity (Wildman–Crippen MR) is 83.5 cm³/mol. The van der Waals surface area contributed by atoms with Gasteiger partial charge in [0.2, 0.25) is 0 Å². The van der Waals surface area contributed by atoms with Crippen molar-refractivity contribution in [2.24, 2.45) is 7.05 Å². The molecule has 2 aromatic rings. The Morgan fingerprint density at radius 3 is 2.64 bits per heavy atom. The molecule has 0 aromatic carbocycles. The number of aryl methyl sites for hydroxylation is 1. The van der Waals surface area contributed by atoms with Crippen LogP contribution in [0.4, 0.5) is 5.82 Å². The molecule has 1 unspecified atom stereocenters. The number of carbonyl (C=O) groups is 1. The van der Waals surface area contributed by atoms with Crippen LogP contribution in [0.3, 0.4) is 0 Å². The van der Waals surface area contributed by atoms with Crippen LogP contribution in [-0.2, 0) is 7.05 Å². The minimum absolute atomic E-state index is 0.161. The fraction of sp³-hybridized carbons (Fsp3) is 0.429. The number of hydrogen-bond donors (Lipinski definition) is 2. The fourth-order valence-electron chi connectivity index (χ4n) is 2.09. The molecular weight excluding hydrogens is 282 g/mol. The number of aromatic nitrogens is 4. The first-order valence-corrected chi connectivity index (χ1v) is 6.96. The van der Waals surface area contributed by atoms with Gasteiger partial charge in [-0.1, -0.05) is 0 Å². The van der Waals surface area contributed by atoms with Gasteiger partial charge in [0.05, 0.1) is 12.2 Å². The molecule has 0 radical (unpaired) electrons. The summed E-state index contributed by atoms with van der Waals surface area (Å²) in [5.74, 6) is 0.379. The number of rotatable bonds is 6. The summed E-state index contributed by atoms with van der Waals surface area (Å²) in [6.45, 7) is 0.659. The smallest absolute Gasteiger partial charge is 0.271 e. The summed E-state index contributed by atoms with van der Waals surface area (Å²) < 4.78 is 1.78. The number of hydrogen-bond acceptors (Lipinski definition) is 6. The summed E-state index contributed by atoms with van der Waals surface area (Å²) in [5.41, 5.74) is 1.42. The molecule has 2 rings (SSSR count). The molecule has 8 heteroatoms. The lowest BCUT2D eigenvalue weighted by Crippen LogP contribution is -2.27. The molecule has 0 aliphatic carbocycles. The fourth-order valence-corrected chi connectivity index (χ4v) is 2.09. The third kappa shape index (κ3) is 3.79. The van der Waals surface area contributed by atoms with E-state index in [4.69, 9.17) is 0 Å². The van der Waals surface area contributed by atoms with Gasteiger partial charge in [0.15, 0.2) is 5.69 Å². The van der Waals surface area contributed by atoms with Crippen molar-refractivity contribution in [3.05, 3.63) is 35.8 Å². The summed E-state index contributed by atoms with van der Waals surface area (Å²) in [7, 11) is 7.48. The van der Waals surface area contributed by atoms with E-state index in [1.165, 1.54) is 0 Å². The summed E-state index contributed by atoms with van der Waals surface area (Å²) >= 11 is 0. The van der Waals surface area contributed by atoms with E-state index >= 15 is 0 Å². The van der Waals surface area contributed by atoms with Gasteiger partial charge >= 0.3 is 0 Å². The molecule has 0 saturated carbocycles. The molecule has 0 fully saturated rings. The second-order valence-corrected chi connectivity index (χ2v) is 5.19. The molecule has 1 amide bonds. The molecule has 0 aliphatic rings. The van der Waals surface area contributed by atoms with Gasteiger partial charge in [-0.15, -0.1) is 10.2 Å². The summed E-state index contributed by atoms with van der Waals surface area (Å²) in [6, 6.07) is 3.55. The Bertz CT molecular complexity index is 620. The zero-order valence-corrected chi connectivity index (χ0v) is 13.2. The van der Waals surface area contributed by atoms with E-state index in [9.17, 15) is 4.79 Å². The van der Waals surface area contributed by atoms with Crippen LogP contribution in [0.25, 0.3) is 0 Å². The highest BCUT2D eigenvalue weighted by atomic mass is 16.1. The lowest BCUT2D eigenvalue weighted by atomic mass is 10.1. The van der Waals surface area contributed by atoms with E-state index in [1.54, 1.807) is 23.9 Å². The van der Waals surface area contributed by atoms with Crippen LogP contribution in [0.2, 0.25) is 0 Å². The molecule has 0 bridgehead atoms. The summed E-state index contributed by atoms with van der Waals surface area (Å²) in [6.07, 6.45) is 3.85. The van der Waals surface area contributed by atoms with E-state index in [1.807, 2.05) is 33.5 Å². The lowest BCUT2D eigenvalue weighted by molar-refractivity contribution is 0.0957. The third-order valence-corrected chi connectivity index (χ3v) is 3.33. The lowest BCUT2D eigenvalue weighted by Gasteiger charge is -2.23. The van der Waals surface area contributed by atoms with E-state index in [-0.39, 0.29) is 11.9 Å². The Labute approximate surface area is 129 Å². The van der Waals surface area contributed by atoms with Crippen LogP contribution in [-0.4, -0.2) is 58.5 Å². The minimum Gasteiger partial charge on any atom is -0.367 e. The van der Waals surface area contributed by atoms with Gasteiger partial charge in [-0.25, -0.2) is 0 Å². The molecule has 2 heterocycles. The van der Waals surface area contributed by atoms with E-state index in [0.29, 0.717) is 18.1 Å². The molecule has 1 atom stereocenters. The van der Waals surface area contributed by atoms with E-state index < -0.39 is 0 Å². The topological polar surface area (TPSA) is 88.0 Å². The first kappa shape index (κ1) is 15.9. The number of carbonyl (C=O) groups excluding carboxylic acids is 1. The Morgan fingerprint density at radius 2 is 2.14 bits per heavy atom. The molecule has 0 aliphatic heterocycles. The number of anilines is 1. The van der Waals surface area contributed by atoms with Crippen molar-refractivity contribution < 1.29 is 4.79 Å². The van der Waals surface area contributed by atoms with Crippen LogP contribution in [0, 0.1) is 0 Å². The van der Waals surface area contributed by atoms with Crippen molar-refractivity contribution in [1.82, 2.24) is 30.2 Å². The molecule has 0 saturated heterocycles.